The Balaban J connectivity index is 2.29. The number of aliphatic carboxylic acids is 1. The summed E-state index contributed by atoms with van der Waals surface area (Å²) in [5, 5.41) is 10.9. The van der Waals surface area contributed by atoms with Crippen molar-refractivity contribution in [3.05, 3.63) is 71.8 Å². The van der Waals surface area contributed by atoms with Gasteiger partial charge in [-0.1, -0.05) is 72.2 Å². The van der Waals surface area contributed by atoms with Gasteiger partial charge in [0.05, 0.1) is 0 Å². The Morgan fingerprint density at radius 2 is 1.57 bits per heavy atom. The largest absolute Gasteiger partial charge is 0.478 e. The number of carbonyl (C=O) groups is 2. The molecule has 7 heteroatoms. The number of rotatable bonds is 9. The molecule has 0 aromatic heterocycles. The van der Waals surface area contributed by atoms with Crippen molar-refractivity contribution in [2.45, 2.75) is 44.0 Å². The molecule has 2 N–H and O–H groups in total. The van der Waals surface area contributed by atoms with E-state index < -0.39 is 31.2 Å². The van der Waals surface area contributed by atoms with Gasteiger partial charge in [-0.3, -0.25) is 0 Å². The van der Waals surface area contributed by atoms with Gasteiger partial charge in [0, 0.05) is 6.42 Å². The lowest BCUT2D eigenvalue weighted by molar-refractivity contribution is -0.142. The van der Waals surface area contributed by atoms with E-state index in [1.807, 2.05) is 60.7 Å². The zero-order chi connectivity index (χ0) is 20.6. The summed E-state index contributed by atoms with van der Waals surface area (Å²) in [7, 11) is -1.15. The second kappa shape index (κ2) is 9.47. The molecule has 0 radical (unpaired) electrons. The number of hydrogen-bond donors (Lipinski definition) is 2. The summed E-state index contributed by atoms with van der Waals surface area (Å²) < 4.78 is 17.3. The lowest BCUT2D eigenvalue weighted by atomic mass is 9.77. The summed E-state index contributed by atoms with van der Waals surface area (Å²) in [6.45, 7) is 3.22. The van der Waals surface area contributed by atoms with Crippen LogP contribution in [0, 0.1) is 0 Å². The number of alkyl carbamates (subject to hydrolysis) is 1. The second-order valence-electron chi connectivity index (χ2n) is 6.82. The molecule has 148 valence electrons. The highest BCUT2D eigenvalue weighted by Crippen LogP contribution is 2.40. The Hall–Kier alpha value is -2.72. The van der Waals surface area contributed by atoms with Crippen LogP contribution in [0.25, 0.3) is 0 Å². The molecule has 0 heterocycles. The highest BCUT2D eigenvalue weighted by molar-refractivity contribution is 7.28. The number of ether oxygens (including phenoxy) is 1. The molecule has 1 amide bonds. The average Bonchev–Trinajstić information content (AvgIpc) is 2.72. The second-order valence-corrected chi connectivity index (χ2v) is 8.02. The smallest absolute Gasteiger partial charge is 0.408 e. The highest BCUT2D eigenvalue weighted by atomic mass is 31.1. The fourth-order valence-corrected chi connectivity index (χ4v) is 3.77. The first-order valence-electron chi connectivity index (χ1n) is 9.02. The van der Waals surface area contributed by atoms with Crippen LogP contribution in [0.4, 0.5) is 4.79 Å². The van der Waals surface area contributed by atoms with E-state index in [1.165, 1.54) is 6.92 Å². The van der Waals surface area contributed by atoms with Crippen molar-refractivity contribution in [2.24, 2.45) is 0 Å². The number of nitrogens with one attached hydrogen (secondary N) is 1. The van der Waals surface area contributed by atoms with Gasteiger partial charge in [-0.2, -0.15) is 0 Å². The van der Waals surface area contributed by atoms with Gasteiger partial charge in [0.2, 0.25) is 0 Å². The zero-order valence-corrected chi connectivity index (χ0v) is 17.0. The molecular weight excluding hydrogens is 377 g/mol. The normalized spacial score (nSPS) is 15.2. The van der Waals surface area contributed by atoms with Crippen LogP contribution in [0.1, 0.15) is 31.4 Å². The summed E-state index contributed by atoms with van der Waals surface area (Å²) in [5.41, 5.74) is 0.363. The molecule has 0 spiro atoms. The lowest BCUT2D eigenvalue weighted by Gasteiger charge is -2.38. The third-order valence-electron chi connectivity index (χ3n) is 5.10. The summed E-state index contributed by atoms with van der Waals surface area (Å²) in [5.74, 6) is -1.23. The number of carboxylic acids is 1. The summed E-state index contributed by atoms with van der Waals surface area (Å²) >= 11 is 0. The average molecular weight is 402 g/mol. The van der Waals surface area contributed by atoms with Gasteiger partial charge < -0.3 is 15.2 Å². The Bertz CT molecular complexity index is 814. The molecule has 2 aromatic carbocycles. The maximum absolute atomic E-state index is 12.5. The summed E-state index contributed by atoms with van der Waals surface area (Å²) in [6, 6.07) is 18.4. The Morgan fingerprint density at radius 3 is 2.04 bits per heavy atom. The molecule has 0 aliphatic rings. The molecule has 0 fully saturated rings. The summed E-state index contributed by atoms with van der Waals surface area (Å²) in [4.78, 5) is 24.6. The van der Waals surface area contributed by atoms with Crippen molar-refractivity contribution >= 4 is 20.5 Å². The van der Waals surface area contributed by atoms with Gasteiger partial charge >= 0.3 is 20.5 Å². The molecule has 0 saturated heterocycles. The molecule has 0 saturated carbocycles. The van der Waals surface area contributed by atoms with E-state index in [0.717, 1.165) is 11.1 Å². The van der Waals surface area contributed by atoms with Gasteiger partial charge in [0.1, 0.15) is 12.1 Å². The fourth-order valence-electron chi connectivity index (χ4n) is 3.16. The van der Waals surface area contributed by atoms with Crippen molar-refractivity contribution < 1.29 is 24.0 Å². The number of hydrogen-bond acceptors (Lipinski definition) is 4. The van der Waals surface area contributed by atoms with Gasteiger partial charge in [-0.15, -0.1) is 0 Å². The molecule has 28 heavy (non-hydrogen) atoms. The van der Waals surface area contributed by atoms with Gasteiger partial charge in [-0.05, 0) is 24.5 Å². The lowest BCUT2D eigenvalue weighted by Crippen LogP contribution is -2.64. The Kier molecular flexibility index (Phi) is 7.30. The van der Waals surface area contributed by atoms with Crippen LogP contribution in [-0.2, 0) is 27.1 Å². The molecule has 6 nitrogen and oxygen atoms in total. The van der Waals surface area contributed by atoms with Crippen LogP contribution in [0.2, 0.25) is 0 Å². The first kappa shape index (κ1) is 21.6. The molecule has 3 unspecified atom stereocenters. The van der Waals surface area contributed by atoms with Crippen molar-refractivity contribution in [3.8, 4) is 0 Å². The van der Waals surface area contributed by atoms with Crippen molar-refractivity contribution in [1.29, 1.82) is 0 Å². The van der Waals surface area contributed by atoms with Crippen LogP contribution in [-0.4, -0.2) is 27.9 Å². The number of benzene rings is 2. The minimum atomic E-state index is -1.68. The van der Waals surface area contributed by atoms with E-state index in [2.05, 4.69) is 5.32 Å². The molecule has 2 rings (SSSR count). The topological polar surface area (TPSA) is 92.7 Å². The van der Waals surface area contributed by atoms with Crippen LogP contribution in [0.3, 0.4) is 0 Å². The molecule has 0 aliphatic carbocycles. The van der Waals surface area contributed by atoms with Gasteiger partial charge in [0.15, 0.2) is 0 Å². The Morgan fingerprint density at radius 1 is 1.04 bits per heavy atom. The third kappa shape index (κ3) is 4.76. The van der Waals surface area contributed by atoms with E-state index in [4.69, 9.17) is 4.74 Å². The minimum Gasteiger partial charge on any atom is -0.478 e. The van der Waals surface area contributed by atoms with E-state index >= 15 is 0 Å². The summed E-state index contributed by atoms with van der Waals surface area (Å²) in [6.07, 6.45) is -0.268. The van der Waals surface area contributed by atoms with Crippen molar-refractivity contribution in [2.75, 3.05) is 0 Å². The molecule has 2 aromatic rings. The SMILES string of the molecule is CCC(Cc1ccccc1)(NC(=O)OCc1ccccc1)C(C)([PH+]=O)C(=O)O. The van der Waals surface area contributed by atoms with Crippen molar-refractivity contribution in [3.63, 3.8) is 0 Å². The first-order chi connectivity index (χ1) is 13.4. The first-order valence-corrected chi connectivity index (χ1v) is 9.93. The van der Waals surface area contributed by atoms with E-state index in [0.29, 0.717) is 0 Å². The van der Waals surface area contributed by atoms with Crippen LogP contribution < -0.4 is 5.32 Å². The molecule has 0 bridgehead atoms. The van der Waals surface area contributed by atoms with E-state index in [9.17, 15) is 19.3 Å². The standard InChI is InChI=1S/C21H24NO5P/c1-3-21(20(2,28-26)18(23)24,14-16-10-6-4-7-11-16)22-19(25)27-15-17-12-8-5-9-13-17/h4-13H,3,14-15H2,1-2H3,(H,22,25)(H,23,24)/p+1. The monoisotopic (exact) mass is 402 g/mol. The quantitative estimate of drug-likeness (QED) is 0.614. The fraction of sp³-hybridized carbons (Fsp3) is 0.333. The van der Waals surface area contributed by atoms with Crippen LogP contribution in [0.5, 0.6) is 0 Å². The maximum atomic E-state index is 12.5. The van der Waals surface area contributed by atoms with Crippen molar-refractivity contribution in [1.82, 2.24) is 5.32 Å². The Labute approximate surface area is 166 Å². The van der Waals surface area contributed by atoms with E-state index in [-0.39, 0.29) is 19.4 Å². The van der Waals surface area contributed by atoms with E-state index in [1.54, 1.807) is 6.92 Å². The van der Waals surface area contributed by atoms with Gasteiger partial charge in [0.25, 0.3) is 5.16 Å². The predicted octanol–water partition coefficient (Wildman–Crippen LogP) is 4.17. The number of amides is 1. The molecule has 0 aliphatic heterocycles. The molecular formula is C21H25NO5P+. The molecule has 3 atom stereocenters. The predicted molar refractivity (Wildman–Crippen MR) is 108 cm³/mol. The van der Waals surface area contributed by atoms with Crippen LogP contribution >= 0.6 is 8.46 Å². The zero-order valence-electron chi connectivity index (χ0n) is 16.0. The highest BCUT2D eigenvalue weighted by Gasteiger charge is 2.61. The minimum absolute atomic E-state index is 0.0568. The maximum Gasteiger partial charge on any atom is 0.408 e. The van der Waals surface area contributed by atoms with Gasteiger partial charge in [-0.25, -0.2) is 9.59 Å². The van der Waals surface area contributed by atoms with Crippen LogP contribution in [0.15, 0.2) is 60.7 Å². The number of carbonyl (C=O) groups excluding carboxylic acids is 1. The third-order valence-corrected chi connectivity index (χ3v) is 6.20. The number of carboxylic acid groups (broad SMARTS) is 1.